The third-order valence-corrected chi connectivity index (χ3v) is 5.38. The number of carbonyl (C=O) groups is 2. The van der Waals surface area contributed by atoms with Crippen molar-refractivity contribution in [1.82, 2.24) is 9.88 Å². The number of aromatic nitrogens is 1. The second kappa shape index (κ2) is 11.1. The number of benzene rings is 1. The number of nitriles is 1. The molecular formula is C24H29N3O4. The summed E-state index contributed by atoms with van der Waals surface area (Å²) in [5, 5.41) is 9.25. The van der Waals surface area contributed by atoms with Gasteiger partial charge in [0.2, 0.25) is 5.91 Å². The van der Waals surface area contributed by atoms with Crippen molar-refractivity contribution in [3.05, 3.63) is 68.6 Å². The number of rotatable bonds is 9. The zero-order chi connectivity index (χ0) is 23.0. The zero-order valence-corrected chi connectivity index (χ0v) is 18.5. The molecule has 31 heavy (non-hydrogen) atoms. The maximum atomic E-state index is 13.1. The van der Waals surface area contributed by atoms with Crippen molar-refractivity contribution in [2.24, 2.45) is 0 Å². The summed E-state index contributed by atoms with van der Waals surface area (Å²) in [5.41, 5.74) is 2.59. The molecule has 1 heterocycles. The number of aromatic amines is 1. The van der Waals surface area contributed by atoms with Gasteiger partial charge < -0.3 is 14.6 Å². The topological polar surface area (TPSA) is 103 Å². The van der Waals surface area contributed by atoms with E-state index in [-0.39, 0.29) is 24.5 Å². The smallest absolute Gasteiger partial charge is 0.329 e. The molecule has 0 saturated carbocycles. The number of amides is 1. The van der Waals surface area contributed by atoms with E-state index in [2.05, 4.69) is 4.98 Å². The molecule has 1 N–H and O–H groups in total. The molecule has 1 aromatic heterocycles. The molecular weight excluding hydrogens is 394 g/mol. The maximum Gasteiger partial charge on any atom is 0.329 e. The van der Waals surface area contributed by atoms with Gasteiger partial charge in [-0.1, -0.05) is 30.3 Å². The highest BCUT2D eigenvalue weighted by Gasteiger charge is 2.30. The molecule has 0 fully saturated rings. The number of pyridine rings is 1. The van der Waals surface area contributed by atoms with Crippen LogP contribution in [0.15, 0.2) is 35.1 Å². The average Bonchev–Trinajstić information content (AvgIpc) is 2.74. The fourth-order valence-corrected chi connectivity index (χ4v) is 3.76. The molecule has 2 rings (SSSR count). The summed E-state index contributed by atoms with van der Waals surface area (Å²) < 4.78 is 5.25. The Kier molecular flexibility index (Phi) is 8.56. The molecule has 7 nitrogen and oxygen atoms in total. The average molecular weight is 424 g/mol. The highest BCUT2D eigenvalue weighted by Crippen LogP contribution is 2.18. The third-order valence-electron chi connectivity index (χ3n) is 5.38. The van der Waals surface area contributed by atoms with Crippen molar-refractivity contribution in [2.45, 2.75) is 53.0 Å². The van der Waals surface area contributed by atoms with Gasteiger partial charge in [-0.2, -0.15) is 5.26 Å². The Morgan fingerprint density at radius 1 is 1.19 bits per heavy atom. The van der Waals surface area contributed by atoms with E-state index in [4.69, 9.17) is 4.74 Å². The minimum Gasteiger partial charge on any atom is -0.464 e. The van der Waals surface area contributed by atoms with Crippen molar-refractivity contribution in [2.75, 3.05) is 13.2 Å². The van der Waals surface area contributed by atoms with E-state index in [0.29, 0.717) is 30.6 Å². The lowest BCUT2D eigenvalue weighted by Gasteiger charge is -2.29. The van der Waals surface area contributed by atoms with Crippen LogP contribution in [0.5, 0.6) is 0 Å². The van der Waals surface area contributed by atoms with Crippen LogP contribution in [0.4, 0.5) is 0 Å². The van der Waals surface area contributed by atoms with Crippen LogP contribution in [-0.2, 0) is 27.2 Å². The van der Waals surface area contributed by atoms with Crippen LogP contribution in [0.1, 0.15) is 48.2 Å². The first kappa shape index (κ1) is 23.9. The first-order valence-electron chi connectivity index (χ1n) is 10.5. The van der Waals surface area contributed by atoms with Gasteiger partial charge in [-0.3, -0.25) is 9.59 Å². The molecule has 2 aromatic rings. The van der Waals surface area contributed by atoms with E-state index >= 15 is 0 Å². The van der Waals surface area contributed by atoms with Gasteiger partial charge in [0.25, 0.3) is 5.56 Å². The van der Waals surface area contributed by atoms with E-state index < -0.39 is 17.6 Å². The highest BCUT2D eigenvalue weighted by atomic mass is 16.5. The molecule has 0 bridgehead atoms. The summed E-state index contributed by atoms with van der Waals surface area (Å²) in [4.78, 5) is 41.9. The monoisotopic (exact) mass is 423 g/mol. The van der Waals surface area contributed by atoms with Gasteiger partial charge in [0.15, 0.2) is 0 Å². The molecule has 0 spiro atoms. The highest BCUT2D eigenvalue weighted by molar-refractivity contribution is 5.85. The van der Waals surface area contributed by atoms with Gasteiger partial charge in [-0.25, -0.2) is 4.79 Å². The Balaban J connectivity index is 2.25. The number of carbonyl (C=O) groups excluding carboxylic acids is 2. The predicted molar refractivity (Wildman–Crippen MR) is 118 cm³/mol. The lowest BCUT2D eigenvalue weighted by atomic mass is 9.98. The van der Waals surface area contributed by atoms with Gasteiger partial charge in [0.05, 0.1) is 6.61 Å². The Morgan fingerprint density at radius 3 is 2.45 bits per heavy atom. The Bertz CT molecular complexity index is 1020. The van der Waals surface area contributed by atoms with Crippen molar-refractivity contribution in [3.63, 3.8) is 0 Å². The number of nitrogens with zero attached hydrogens (tertiary/aromatic N) is 2. The van der Waals surface area contributed by atoms with E-state index in [9.17, 15) is 19.6 Å². The number of ether oxygens (including phenoxy) is 1. The fraction of sp³-hybridized carbons (Fsp3) is 0.417. The van der Waals surface area contributed by atoms with E-state index in [1.165, 1.54) is 0 Å². The summed E-state index contributed by atoms with van der Waals surface area (Å²) in [6, 6.07) is 10.7. The van der Waals surface area contributed by atoms with Crippen molar-refractivity contribution >= 4 is 11.9 Å². The minimum absolute atomic E-state index is 0.0638. The van der Waals surface area contributed by atoms with Crippen molar-refractivity contribution in [3.8, 4) is 6.07 Å². The molecule has 0 aliphatic carbocycles. The second-order valence-corrected chi connectivity index (χ2v) is 7.31. The van der Waals surface area contributed by atoms with Crippen LogP contribution >= 0.6 is 0 Å². The summed E-state index contributed by atoms with van der Waals surface area (Å²) in [5.74, 6) is -0.607. The number of likely N-dealkylation sites (N-methyl/N-ethyl adjacent to an activating group) is 1. The van der Waals surface area contributed by atoms with Crippen molar-refractivity contribution in [1.29, 1.82) is 5.26 Å². The Morgan fingerprint density at radius 2 is 1.87 bits per heavy atom. The first-order valence-corrected chi connectivity index (χ1v) is 10.5. The zero-order valence-electron chi connectivity index (χ0n) is 18.5. The molecule has 7 heteroatoms. The predicted octanol–water partition coefficient (Wildman–Crippen LogP) is 2.82. The standard InChI is InChI=1S/C24H29N3O4/c1-5-27(21(24(30)31-6-2)14-18-10-8-7-9-11-18)22(28)13-12-19-16(3)20(15-25)23(29)26-17(19)4/h7-11,21H,5-6,12-14H2,1-4H3,(H,26,29). The number of nitrogens with one attached hydrogen (secondary N) is 1. The molecule has 1 aromatic carbocycles. The second-order valence-electron chi connectivity index (χ2n) is 7.31. The fourth-order valence-electron chi connectivity index (χ4n) is 3.76. The van der Waals surface area contributed by atoms with Crippen LogP contribution in [0, 0.1) is 25.2 Å². The van der Waals surface area contributed by atoms with Crippen LogP contribution < -0.4 is 5.56 Å². The lowest BCUT2D eigenvalue weighted by Crippen LogP contribution is -2.47. The molecule has 0 aliphatic rings. The molecule has 0 aliphatic heterocycles. The van der Waals surface area contributed by atoms with Crippen LogP contribution in [0.3, 0.4) is 0 Å². The van der Waals surface area contributed by atoms with Gasteiger partial charge in [0.1, 0.15) is 17.7 Å². The SMILES string of the molecule is CCOC(=O)C(Cc1ccccc1)N(CC)C(=O)CCc1c(C)[nH]c(=O)c(C#N)c1C. The van der Waals surface area contributed by atoms with E-state index in [1.54, 1.807) is 25.7 Å². The van der Waals surface area contributed by atoms with E-state index in [0.717, 1.165) is 11.1 Å². The summed E-state index contributed by atoms with van der Waals surface area (Å²) in [7, 11) is 0. The van der Waals surface area contributed by atoms with Gasteiger partial charge >= 0.3 is 5.97 Å². The van der Waals surface area contributed by atoms with Crippen LogP contribution in [0.2, 0.25) is 0 Å². The normalized spacial score (nSPS) is 11.5. The Hall–Kier alpha value is -3.40. The van der Waals surface area contributed by atoms with Crippen LogP contribution in [-0.4, -0.2) is 41.0 Å². The minimum atomic E-state index is -0.715. The van der Waals surface area contributed by atoms with Gasteiger partial charge in [-0.05, 0) is 50.8 Å². The number of aryl methyl sites for hydroxylation is 1. The molecule has 0 radical (unpaired) electrons. The summed E-state index contributed by atoms with van der Waals surface area (Å²) >= 11 is 0. The van der Waals surface area contributed by atoms with Gasteiger partial charge in [-0.15, -0.1) is 0 Å². The molecule has 1 unspecified atom stereocenters. The maximum absolute atomic E-state index is 13.1. The third kappa shape index (κ3) is 5.82. The number of H-pyrrole nitrogens is 1. The summed E-state index contributed by atoms with van der Waals surface area (Å²) in [6.45, 7) is 7.65. The first-order chi connectivity index (χ1) is 14.8. The molecule has 0 saturated heterocycles. The lowest BCUT2D eigenvalue weighted by molar-refractivity contribution is -0.154. The molecule has 1 atom stereocenters. The summed E-state index contributed by atoms with van der Waals surface area (Å²) in [6.07, 6.45) is 0.880. The van der Waals surface area contributed by atoms with Crippen LogP contribution in [0.25, 0.3) is 0 Å². The van der Waals surface area contributed by atoms with Crippen molar-refractivity contribution < 1.29 is 14.3 Å². The quantitative estimate of drug-likeness (QED) is 0.625. The Labute approximate surface area is 182 Å². The number of hydrogen-bond donors (Lipinski definition) is 1. The largest absolute Gasteiger partial charge is 0.464 e. The van der Waals surface area contributed by atoms with E-state index in [1.807, 2.05) is 43.3 Å². The number of esters is 1. The number of hydrogen-bond acceptors (Lipinski definition) is 5. The molecule has 164 valence electrons. The molecule has 1 amide bonds. The van der Waals surface area contributed by atoms with Gasteiger partial charge in [0, 0.05) is 25.1 Å².